The van der Waals surface area contributed by atoms with Gasteiger partial charge in [-0.15, -0.1) is 11.8 Å². The van der Waals surface area contributed by atoms with E-state index in [0.29, 0.717) is 13.2 Å². The molecule has 0 saturated heterocycles. The highest BCUT2D eigenvalue weighted by atomic mass is 32.2. The molecule has 1 aliphatic heterocycles. The lowest BCUT2D eigenvalue weighted by molar-refractivity contribution is -0.124. The molecule has 136 valence electrons. The Balaban J connectivity index is 1.44. The number of anilines is 1. The number of thioether (sulfide) groups is 1. The summed E-state index contributed by atoms with van der Waals surface area (Å²) < 4.78 is 5.70. The predicted molar refractivity (Wildman–Crippen MR) is 104 cm³/mol. The molecule has 0 bridgehead atoms. The number of para-hydroxylation sites is 1. The Bertz CT molecular complexity index is 822. The highest BCUT2D eigenvalue weighted by Gasteiger charge is 2.28. The first-order chi connectivity index (χ1) is 12.5. The van der Waals surface area contributed by atoms with Crippen molar-refractivity contribution >= 4 is 29.3 Å². The zero-order chi connectivity index (χ0) is 18.5. The van der Waals surface area contributed by atoms with E-state index in [1.54, 1.807) is 0 Å². The van der Waals surface area contributed by atoms with Crippen LogP contribution >= 0.6 is 11.8 Å². The van der Waals surface area contributed by atoms with Crippen molar-refractivity contribution in [1.29, 1.82) is 0 Å². The normalized spacial score (nSPS) is 15.8. The third kappa shape index (κ3) is 4.58. The fraction of sp³-hybridized carbons (Fsp3) is 0.300. The summed E-state index contributed by atoms with van der Waals surface area (Å²) in [6.07, 6.45) is 0.147. The van der Waals surface area contributed by atoms with Crippen LogP contribution in [0.1, 0.15) is 17.5 Å². The molecule has 1 atom stereocenters. The van der Waals surface area contributed by atoms with Crippen LogP contribution in [0.3, 0.4) is 0 Å². The van der Waals surface area contributed by atoms with E-state index in [2.05, 4.69) is 16.7 Å². The Morgan fingerprint density at radius 1 is 1.23 bits per heavy atom. The van der Waals surface area contributed by atoms with E-state index < -0.39 is 5.25 Å². The van der Waals surface area contributed by atoms with Crippen molar-refractivity contribution in [1.82, 2.24) is 5.32 Å². The van der Waals surface area contributed by atoms with Crippen LogP contribution in [0.4, 0.5) is 5.69 Å². The predicted octanol–water partition coefficient (Wildman–Crippen LogP) is 3.30. The van der Waals surface area contributed by atoms with Gasteiger partial charge < -0.3 is 15.4 Å². The van der Waals surface area contributed by atoms with Gasteiger partial charge in [-0.05, 0) is 37.6 Å². The molecule has 6 heteroatoms. The Morgan fingerprint density at radius 3 is 2.85 bits per heavy atom. The van der Waals surface area contributed by atoms with Gasteiger partial charge in [-0.3, -0.25) is 9.59 Å². The largest absolute Gasteiger partial charge is 0.491 e. The molecule has 0 unspecified atom stereocenters. The summed E-state index contributed by atoms with van der Waals surface area (Å²) in [7, 11) is 0. The topological polar surface area (TPSA) is 67.4 Å². The van der Waals surface area contributed by atoms with E-state index in [9.17, 15) is 9.59 Å². The summed E-state index contributed by atoms with van der Waals surface area (Å²) in [5, 5.41) is 5.26. The number of fused-ring (bicyclic) bond motifs is 1. The van der Waals surface area contributed by atoms with E-state index in [4.69, 9.17) is 4.74 Å². The van der Waals surface area contributed by atoms with Gasteiger partial charge >= 0.3 is 0 Å². The number of aryl methyl sites for hydroxylation is 2. The number of benzene rings is 2. The lowest BCUT2D eigenvalue weighted by Crippen LogP contribution is -2.36. The smallest absolute Gasteiger partial charge is 0.238 e. The van der Waals surface area contributed by atoms with Gasteiger partial charge in [0, 0.05) is 11.3 Å². The van der Waals surface area contributed by atoms with Crippen molar-refractivity contribution in [3.05, 3.63) is 53.6 Å². The zero-order valence-electron chi connectivity index (χ0n) is 14.9. The van der Waals surface area contributed by atoms with Crippen molar-refractivity contribution in [3.8, 4) is 5.75 Å². The van der Waals surface area contributed by atoms with Gasteiger partial charge in [-0.1, -0.05) is 29.8 Å². The Morgan fingerprint density at radius 2 is 2.04 bits per heavy atom. The highest BCUT2D eigenvalue weighted by molar-refractivity contribution is 8.01. The standard InChI is InChI=1S/C20H22N2O3S/c1-13-7-8-16(14(2)11-13)25-10-9-21-19(23)12-18-20(24)22-15-5-3-4-6-17(15)26-18/h3-8,11,18H,9-10,12H2,1-2H3,(H,21,23)(H,22,24)/t18-/m1/s1. The van der Waals surface area contributed by atoms with Gasteiger partial charge in [0.15, 0.2) is 0 Å². The summed E-state index contributed by atoms with van der Waals surface area (Å²) in [5.74, 6) is 0.542. The lowest BCUT2D eigenvalue weighted by Gasteiger charge is -2.23. The minimum atomic E-state index is -0.412. The second-order valence-electron chi connectivity index (χ2n) is 6.26. The van der Waals surface area contributed by atoms with Crippen LogP contribution in [0.2, 0.25) is 0 Å². The third-order valence-electron chi connectivity index (χ3n) is 4.09. The Kier molecular flexibility index (Phi) is 5.83. The number of carbonyl (C=O) groups is 2. The summed E-state index contributed by atoms with van der Waals surface area (Å²) >= 11 is 1.43. The van der Waals surface area contributed by atoms with Crippen LogP contribution in [0.15, 0.2) is 47.4 Å². The fourth-order valence-electron chi connectivity index (χ4n) is 2.78. The molecule has 1 heterocycles. The summed E-state index contributed by atoms with van der Waals surface area (Å²) in [6, 6.07) is 13.6. The van der Waals surface area contributed by atoms with Crippen molar-refractivity contribution in [2.45, 2.75) is 30.4 Å². The first kappa shape index (κ1) is 18.3. The summed E-state index contributed by atoms with van der Waals surface area (Å²) in [6.45, 7) is 4.83. The molecule has 0 saturated carbocycles. The number of ether oxygens (including phenoxy) is 1. The van der Waals surface area contributed by atoms with E-state index in [1.165, 1.54) is 17.3 Å². The molecule has 0 radical (unpaired) electrons. The molecule has 2 N–H and O–H groups in total. The van der Waals surface area contributed by atoms with Crippen LogP contribution < -0.4 is 15.4 Å². The van der Waals surface area contributed by atoms with E-state index in [-0.39, 0.29) is 18.2 Å². The number of nitrogens with one attached hydrogen (secondary N) is 2. The number of hydrogen-bond acceptors (Lipinski definition) is 4. The van der Waals surface area contributed by atoms with Crippen molar-refractivity contribution in [2.24, 2.45) is 0 Å². The Hall–Kier alpha value is -2.47. The van der Waals surface area contributed by atoms with Gasteiger partial charge in [0.05, 0.1) is 17.5 Å². The highest BCUT2D eigenvalue weighted by Crippen LogP contribution is 2.36. The molecule has 0 spiro atoms. The second-order valence-corrected chi connectivity index (χ2v) is 7.51. The van der Waals surface area contributed by atoms with Crippen molar-refractivity contribution < 1.29 is 14.3 Å². The van der Waals surface area contributed by atoms with Gasteiger partial charge in [0.1, 0.15) is 12.4 Å². The molecule has 3 rings (SSSR count). The first-order valence-corrected chi connectivity index (χ1v) is 9.44. The minimum absolute atomic E-state index is 0.129. The van der Waals surface area contributed by atoms with E-state index in [0.717, 1.165) is 21.9 Å². The third-order valence-corrected chi connectivity index (χ3v) is 5.36. The van der Waals surface area contributed by atoms with Crippen LogP contribution in [0, 0.1) is 13.8 Å². The molecule has 5 nitrogen and oxygen atoms in total. The maximum atomic E-state index is 12.1. The first-order valence-electron chi connectivity index (χ1n) is 8.56. The monoisotopic (exact) mass is 370 g/mol. The molecule has 2 aromatic carbocycles. The van der Waals surface area contributed by atoms with Crippen LogP contribution in [-0.2, 0) is 9.59 Å². The maximum absolute atomic E-state index is 12.1. The van der Waals surface area contributed by atoms with Crippen LogP contribution in [0.5, 0.6) is 5.75 Å². The quantitative estimate of drug-likeness (QED) is 0.766. The molecule has 0 aliphatic carbocycles. The van der Waals surface area contributed by atoms with Gasteiger partial charge in [-0.25, -0.2) is 0 Å². The number of carbonyl (C=O) groups excluding carboxylic acids is 2. The zero-order valence-corrected chi connectivity index (χ0v) is 15.7. The van der Waals surface area contributed by atoms with E-state index >= 15 is 0 Å². The SMILES string of the molecule is Cc1ccc(OCCNC(=O)C[C@H]2Sc3ccccc3NC2=O)c(C)c1. The molecule has 0 aromatic heterocycles. The average Bonchev–Trinajstić information content (AvgIpc) is 2.61. The molecule has 2 amide bonds. The van der Waals surface area contributed by atoms with Gasteiger partial charge in [0.2, 0.25) is 11.8 Å². The van der Waals surface area contributed by atoms with Gasteiger partial charge in [0.25, 0.3) is 0 Å². The number of rotatable bonds is 6. The molecule has 1 aliphatic rings. The maximum Gasteiger partial charge on any atom is 0.238 e. The number of amides is 2. The molecule has 0 fully saturated rings. The van der Waals surface area contributed by atoms with Crippen molar-refractivity contribution in [2.75, 3.05) is 18.5 Å². The fourth-order valence-corrected chi connectivity index (χ4v) is 3.89. The average molecular weight is 370 g/mol. The molecule has 2 aromatic rings. The van der Waals surface area contributed by atoms with Crippen LogP contribution in [-0.4, -0.2) is 30.2 Å². The molecular formula is C20H22N2O3S. The molecular weight excluding hydrogens is 348 g/mol. The lowest BCUT2D eigenvalue weighted by atomic mass is 10.1. The summed E-state index contributed by atoms with van der Waals surface area (Å²) in [4.78, 5) is 25.3. The summed E-state index contributed by atoms with van der Waals surface area (Å²) in [5.41, 5.74) is 3.07. The van der Waals surface area contributed by atoms with E-state index in [1.807, 2.05) is 50.2 Å². The number of hydrogen-bond donors (Lipinski definition) is 2. The minimum Gasteiger partial charge on any atom is -0.491 e. The Labute approximate surface area is 157 Å². The van der Waals surface area contributed by atoms with Gasteiger partial charge in [-0.2, -0.15) is 0 Å². The van der Waals surface area contributed by atoms with Crippen LogP contribution in [0.25, 0.3) is 0 Å². The van der Waals surface area contributed by atoms with Crippen molar-refractivity contribution in [3.63, 3.8) is 0 Å². The molecule has 26 heavy (non-hydrogen) atoms. The second kappa shape index (κ2) is 8.27.